The van der Waals surface area contributed by atoms with Crippen molar-refractivity contribution in [1.82, 2.24) is 0 Å². The van der Waals surface area contributed by atoms with Crippen LogP contribution in [0.1, 0.15) is 26.3 Å². The van der Waals surface area contributed by atoms with Crippen molar-refractivity contribution in [3.8, 4) is 0 Å². The minimum absolute atomic E-state index is 0. The van der Waals surface area contributed by atoms with Crippen molar-refractivity contribution in [3.05, 3.63) is 42.0 Å². The van der Waals surface area contributed by atoms with E-state index in [2.05, 4.69) is 62.2 Å². The highest BCUT2D eigenvalue weighted by molar-refractivity contribution is 6.00. The molecule has 0 saturated carbocycles. The van der Waals surface area contributed by atoms with E-state index in [1.165, 1.54) is 27.7 Å². The van der Waals surface area contributed by atoms with E-state index < -0.39 is 0 Å². The Hall–Kier alpha value is -1.15. The first kappa shape index (κ1) is 12.3. The van der Waals surface area contributed by atoms with Gasteiger partial charge in [-0.25, -0.2) is 4.99 Å². The smallest absolute Gasteiger partial charge is 0.215 e. The summed E-state index contributed by atoms with van der Waals surface area (Å²) in [7, 11) is 0. The molecule has 1 nitrogen and oxygen atoms in total. The summed E-state index contributed by atoms with van der Waals surface area (Å²) in [4.78, 5) is 3.55. The van der Waals surface area contributed by atoms with E-state index in [0.29, 0.717) is 0 Å². The third-order valence-corrected chi connectivity index (χ3v) is 3.85. The van der Waals surface area contributed by atoms with Crippen LogP contribution in [-0.4, -0.2) is 5.71 Å². The van der Waals surface area contributed by atoms with Gasteiger partial charge < -0.3 is 17.0 Å². The molecule has 0 spiro atoms. The minimum Gasteiger partial charge on any atom is -1.00 e. The fourth-order valence-electron chi connectivity index (χ4n) is 2.47. The number of hydrogen-bond donors (Lipinski definition) is 1. The lowest BCUT2D eigenvalue weighted by molar-refractivity contribution is -0.349. The lowest BCUT2D eigenvalue weighted by atomic mass is 9.81. The van der Waals surface area contributed by atoms with Crippen LogP contribution in [0.15, 0.2) is 36.4 Å². The molecule has 0 radical (unpaired) electrons. The van der Waals surface area contributed by atoms with Gasteiger partial charge in [-0.05, 0) is 25.3 Å². The highest BCUT2D eigenvalue weighted by Gasteiger charge is 2.39. The largest absolute Gasteiger partial charge is 1.00 e. The van der Waals surface area contributed by atoms with Crippen LogP contribution in [-0.2, 0) is 5.41 Å². The topological polar surface area (TPSA) is 14.0 Å². The third kappa shape index (κ3) is 1.62. The molecule has 2 heteroatoms. The van der Waals surface area contributed by atoms with Crippen molar-refractivity contribution >= 4 is 22.2 Å². The molecular weight excluding hydrogens is 274 g/mol. The van der Waals surface area contributed by atoms with E-state index in [4.69, 9.17) is 0 Å². The van der Waals surface area contributed by atoms with E-state index in [-0.39, 0.29) is 22.4 Å². The van der Waals surface area contributed by atoms with Gasteiger partial charge in [0, 0.05) is 12.5 Å². The average Bonchev–Trinajstić information content (AvgIpc) is 2.51. The Labute approximate surface area is 112 Å². The SMILES string of the molecule is CC1=[NH+]c2c(ccc3ccccc23)C1(C)C.[Br-]. The van der Waals surface area contributed by atoms with Crippen LogP contribution in [0.5, 0.6) is 0 Å². The van der Waals surface area contributed by atoms with Crippen LogP contribution < -0.4 is 22.0 Å². The van der Waals surface area contributed by atoms with Crippen LogP contribution in [0.3, 0.4) is 0 Å². The Balaban J connectivity index is 0.00000108. The zero-order valence-electron chi connectivity index (χ0n) is 10.3. The van der Waals surface area contributed by atoms with Crippen molar-refractivity contribution in [1.29, 1.82) is 0 Å². The summed E-state index contributed by atoms with van der Waals surface area (Å²) < 4.78 is 0. The second kappa shape index (κ2) is 3.95. The monoisotopic (exact) mass is 289 g/mol. The fourth-order valence-corrected chi connectivity index (χ4v) is 2.47. The Bertz CT molecular complexity index is 611. The first-order chi connectivity index (χ1) is 7.60. The molecule has 1 heterocycles. The highest BCUT2D eigenvalue weighted by Crippen LogP contribution is 2.35. The van der Waals surface area contributed by atoms with E-state index in [0.717, 1.165) is 0 Å². The average molecular weight is 290 g/mol. The standard InChI is InChI=1S/C15H15N.BrH/c1-10-15(2,3)13-9-8-11-6-4-5-7-12(11)14(13)16-10;/h4-9H,1-3H3;1H. The van der Waals surface area contributed by atoms with Gasteiger partial charge in [-0.1, -0.05) is 30.3 Å². The van der Waals surface area contributed by atoms with Gasteiger partial charge in [0.25, 0.3) is 0 Å². The molecule has 0 bridgehead atoms. The molecule has 17 heavy (non-hydrogen) atoms. The molecule has 1 aliphatic heterocycles. The summed E-state index contributed by atoms with van der Waals surface area (Å²) >= 11 is 0. The lowest BCUT2D eigenvalue weighted by Crippen LogP contribution is -3.00. The normalized spacial score (nSPS) is 16.3. The first-order valence-corrected chi connectivity index (χ1v) is 5.74. The molecule has 0 aromatic heterocycles. The third-order valence-electron chi connectivity index (χ3n) is 3.85. The summed E-state index contributed by atoms with van der Waals surface area (Å²) in [6, 6.07) is 13.0. The Morgan fingerprint density at radius 1 is 1.00 bits per heavy atom. The van der Waals surface area contributed by atoms with Gasteiger partial charge in [-0.2, -0.15) is 0 Å². The van der Waals surface area contributed by atoms with E-state index >= 15 is 0 Å². The van der Waals surface area contributed by atoms with Crippen LogP contribution in [0.4, 0.5) is 5.69 Å². The molecule has 1 aliphatic rings. The second-order valence-corrected chi connectivity index (χ2v) is 5.08. The number of rotatable bonds is 0. The zero-order chi connectivity index (χ0) is 11.3. The molecule has 0 fully saturated rings. The predicted octanol–water partition coefficient (Wildman–Crippen LogP) is -0.692. The van der Waals surface area contributed by atoms with Crippen molar-refractivity contribution in [2.75, 3.05) is 0 Å². The molecule has 0 amide bonds. The van der Waals surface area contributed by atoms with Crippen LogP contribution in [0.2, 0.25) is 0 Å². The van der Waals surface area contributed by atoms with Gasteiger partial charge in [0.2, 0.25) is 5.69 Å². The molecule has 0 aliphatic carbocycles. The van der Waals surface area contributed by atoms with E-state index in [1.54, 1.807) is 0 Å². The van der Waals surface area contributed by atoms with E-state index in [9.17, 15) is 0 Å². The van der Waals surface area contributed by atoms with E-state index in [1.807, 2.05) is 0 Å². The maximum atomic E-state index is 3.55. The zero-order valence-corrected chi connectivity index (χ0v) is 11.9. The highest BCUT2D eigenvalue weighted by atomic mass is 79.9. The summed E-state index contributed by atoms with van der Waals surface area (Å²) in [5.74, 6) is 0. The second-order valence-electron chi connectivity index (χ2n) is 5.08. The van der Waals surface area contributed by atoms with Crippen molar-refractivity contribution in [2.24, 2.45) is 0 Å². The molecule has 2 aromatic carbocycles. The maximum absolute atomic E-state index is 3.55. The van der Waals surface area contributed by atoms with Crippen LogP contribution in [0, 0.1) is 0 Å². The van der Waals surface area contributed by atoms with Gasteiger partial charge in [-0.3, -0.25) is 0 Å². The van der Waals surface area contributed by atoms with Crippen molar-refractivity contribution < 1.29 is 22.0 Å². The molecular formula is C15H16BrN. The number of benzene rings is 2. The maximum Gasteiger partial charge on any atom is 0.215 e. The van der Waals surface area contributed by atoms with Crippen LogP contribution >= 0.6 is 0 Å². The molecule has 3 rings (SSSR count). The van der Waals surface area contributed by atoms with Gasteiger partial charge in [0.1, 0.15) is 0 Å². The first-order valence-electron chi connectivity index (χ1n) is 5.74. The van der Waals surface area contributed by atoms with Gasteiger partial charge in [0.15, 0.2) is 5.71 Å². The summed E-state index contributed by atoms with van der Waals surface area (Å²) in [6.07, 6.45) is 0. The fraction of sp³-hybridized carbons (Fsp3) is 0.267. The summed E-state index contributed by atoms with van der Waals surface area (Å²) in [5, 5.41) is 2.63. The summed E-state index contributed by atoms with van der Waals surface area (Å²) in [5.41, 5.74) is 4.17. The molecule has 0 atom stereocenters. The Morgan fingerprint density at radius 3 is 2.47 bits per heavy atom. The van der Waals surface area contributed by atoms with Gasteiger partial charge in [0.05, 0.1) is 10.8 Å². The molecule has 88 valence electrons. The molecule has 0 saturated heterocycles. The van der Waals surface area contributed by atoms with Gasteiger partial charge >= 0.3 is 0 Å². The quantitative estimate of drug-likeness (QED) is 0.660. The predicted molar refractivity (Wildman–Crippen MR) is 68.3 cm³/mol. The molecule has 2 aromatic rings. The Kier molecular flexibility index (Phi) is 2.86. The number of halogens is 1. The number of hydrogen-bond acceptors (Lipinski definition) is 0. The van der Waals surface area contributed by atoms with Crippen LogP contribution in [0.25, 0.3) is 10.8 Å². The van der Waals surface area contributed by atoms with Crippen molar-refractivity contribution in [3.63, 3.8) is 0 Å². The molecule has 0 unspecified atom stereocenters. The lowest BCUT2D eigenvalue weighted by Gasteiger charge is -2.15. The number of nitrogens with one attached hydrogen (secondary N) is 1. The van der Waals surface area contributed by atoms with Crippen molar-refractivity contribution in [2.45, 2.75) is 26.2 Å². The molecule has 1 N–H and O–H groups in total. The summed E-state index contributed by atoms with van der Waals surface area (Å²) in [6.45, 7) is 6.72. The van der Waals surface area contributed by atoms with Gasteiger partial charge in [-0.15, -0.1) is 0 Å². The number of fused-ring (bicyclic) bond motifs is 3. The Morgan fingerprint density at radius 2 is 1.71 bits per heavy atom. The minimum atomic E-state index is 0.